The third kappa shape index (κ3) is 2.16. The van der Waals surface area contributed by atoms with Gasteiger partial charge in [0.05, 0.1) is 12.5 Å². The minimum atomic E-state index is 0.151. The van der Waals surface area contributed by atoms with E-state index in [2.05, 4.69) is 9.97 Å². The Hall–Kier alpha value is -2.04. The van der Waals surface area contributed by atoms with Crippen LogP contribution in [0.5, 0.6) is 0 Å². The van der Waals surface area contributed by atoms with Crippen molar-refractivity contribution in [3.63, 3.8) is 0 Å². The zero-order valence-corrected chi connectivity index (χ0v) is 11.1. The molecule has 100 valence electrons. The maximum atomic E-state index is 11.9. The van der Waals surface area contributed by atoms with Gasteiger partial charge in [0.1, 0.15) is 11.5 Å². The van der Waals surface area contributed by atoms with Crippen LogP contribution in [0.1, 0.15) is 32.0 Å². The van der Waals surface area contributed by atoms with Gasteiger partial charge in [0.15, 0.2) is 5.76 Å². The predicted octanol–water partition coefficient (Wildman–Crippen LogP) is 2.39. The van der Waals surface area contributed by atoms with Gasteiger partial charge >= 0.3 is 0 Å². The molecule has 1 aliphatic rings. The molecule has 1 N–H and O–H groups in total. The maximum absolute atomic E-state index is 11.9. The molecule has 2 aromatic heterocycles. The van der Waals surface area contributed by atoms with Crippen LogP contribution in [0, 0.1) is 0 Å². The molecule has 1 saturated heterocycles. The molecular weight excluding hydrogens is 242 g/mol. The van der Waals surface area contributed by atoms with Crippen molar-refractivity contribution < 1.29 is 9.21 Å². The lowest BCUT2D eigenvalue weighted by Crippen LogP contribution is -2.31. The monoisotopic (exact) mass is 259 g/mol. The maximum Gasteiger partial charge on any atom is 0.223 e. The highest BCUT2D eigenvalue weighted by Crippen LogP contribution is 2.29. The highest BCUT2D eigenvalue weighted by molar-refractivity contribution is 5.79. The third-order valence-electron chi connectivity index (χ3n) is 3.55. The molecule has 1 amide bonds. The molecule has 0 aromatic carbocycles. The Bertz CT molecular complexity index is 571. The Morgan fingerprint density at radius 1 is 1.53 bits per heavy atom. The van der Waals surface area contributed by atoms with Gasteiger partial charge < -0.3 is 14.3 Å². The SMILES string of the molecule is CC(C)N1CC(c2ncc(-c3ccco3)[nH]2)CC1=O. The van der Waals surface area contributed by atoms with E-state index in [0.29, 0.717) is 6.42 Å². The van der Waals surface area contributed by atoms with Crippen molar-refractivity contribution in [2.75, 3.05) is 6.54 Å². The first-order valence-electron chi connectivity index (χ1n) is 6.53. The normalized spacial score (nSPS) is 19.6. The molecule has 2 aromatic rings. The number of hydrogen-bond donors (Lipinski definition) is 1. The molecule has 0 aliphatic carbocycles. The Morgan fingerprint density at radius 2 is 2.37 bits per heavy atom. The number of nitrogens with one attached hydrogen (secondary N) is 1. The molecule has 0 bridgehead atoms. The topological polar surface area (TPSA) is 62.1 Å². The van der Waals surface area contributed by atoms with Crippen molar-refractivity contribution in [1.82, 2.24) is 14.9 Å². The van der Waals surface area contributed by atoms with Gasteiger partial charge in [0.2, 0.25) is 5.91 Å². The number of carbonyl (C=O) groups is 1. The molecule has 19 heavy (non-hydrogen) atoms. The van der Waals surface area contributed by atoms with Crippen LogP contribution in [0.15, 0.2) is 29.0 Å². The Balaban J connectivity index is 1.79. The fourth-order valence-electron chi connectivity index (χ4n) is 2.51. The van der Waals surface area contributed by atoms with E-state index in [4.69, 9.17) is 4.42 Å². The molecule has 1 atom stereocenters. The second-order valence-electron chi connectivity index (χ2n) is 5.20. The fraction of sp³-hybridized carbons (Fsp3) is 0.429. The number of amides is 1. The Morgan fingerprint density at radius 3 is 3.00 bits per heavy atom. The van der Waals surface area contributed by atoms with Gasteiger partial charge in [-0.25, -0.2) is 4.98 Å². The van der Waals surface area contributed by atoms with E-state index in [1.165, 1.54) is 0 Å². The number of carbonyl (C=O) groups excluding carboxylic acids is 1. The first-order chi connectivity index (χ1) is 9.15. The number of rotatable bonds is 3. The fourth-order valence-corrected chi connectivity index (χ4v) is 2.51. The molecule has 1 fully saturated rings. The number of aromatic amines is 1. The molecule has 3 heterocycles. The summed E-state index contributed by atoms with van der Waals surface area (Å²) in [6.45, 7) is 4.81. The molecule has 5 heteroatoms. The van der Waals surface area contributed by atoms with Crippen molar-refractivity contribution in [2.45, 2.75) is 32.2 Å². The van der Waals surface area contributed by atoms with E-state index in [1.807, 2.05) is 30.9 Å². The molecule has 1 unspecified atom stereocenters. The van der Waals surface area contributed by atoms with Crippen LogP contribution in [0.4, 0.5) is 0 Å². The number of imidazole rings is 1. The van der Waals surface area contributed by atoms with Gasteiger partial charge in [-0.1, -0.05) is 0 Å². The summed E-state index contributed by atoms with van der Waals surface area (Å²) in [5, 5.41) is 0. The summed E-state index contributed by atoms with van der Waals surface area (Å²) in [5.41, 5.74) is 0.857. The lowest BCUT2D eigenvalue weighted by atomic mass is 10.1. The van der Waals surface area contributed by atoms with Gasteiger partial charge in [0.25, 0.3) is 0 Å². The van der Waals surface area contributed by atoms with E-state index in [1.54, 1.807) is 12.5 Å². The second kappa shape index (κ2) is 4.57. The average Bonchev–Trinajstić information content (AvgIpc) is 3.08. The van der Waals surface area contributed by atoms with Gasteiger partial charge in [0, 0.05) is 24.9 Å². The molecule has 3 rings (SSSR count). The summed E-state index contributed by atoms with van der Waals surface area (Å²) in [6, 6.07) is 3.98. The molecule has 0 spiro atoms. The molecule has 0 saturated carbocycles. The van der Waals surface area contributed by atoms with Crippen molar-refractivity contribution in [1.29, 1.82) is 0 Å². The molecule has 1 aliphatic heterocycles. The van der Waals surface area contributed by atoms with Crippen LogP contribution >= 0.6 is 0 Å². The van der Waals surface area contributed by atoms with Crippen molar-refractivity contribution in [3.05, 3.63) is 30.4 Å². The first-order valence-corrected chi connectivity index (χ1v) is 6.53. The third-order valence-corrected chi connectivity index (χ3v) is 3.55. The average molecular weight is 259 g/mol. The lowest BCUT2D eigenvalue weighted by molar-refractivity contribution is -0.129. The van der Waals surface area contributed by atoms with Crippen LogP contribution in [0.25, 0.3) is 11.5 Å². The second-order valence-corrected chi connectivity index (χ2v) is 5.20. The summed E-state index contributed by atoms with van der Waals surface area (Å²) < 4.78 is 5.33. The molecule has 0 radical (unpaired) electrons. The lowest BCUT2D eigenvalue weighted by Gasteiger charge is -2.20. The van der Waals surface area contributed by atoms with Gasteiger partial charge in [-0.3, -0.25) is 4.79 Å². The van der Waals surface area contributed by atoms with E-state index >= 15 is 0 Å². The minimum Gasteiger partial charge on any atom is -0.463 e. The number of hydrogen-bond acceptors (Lipinski definition) is 3. The summed E-state index contributed by atoms with van der Waals surface area (Å²) in [7, 11) is 0. The van der Waals surface area contributed by atoms with E-state index < -0.39 is 0 Å². The van der Waals surface area contributed by atoms with E-state index in [-0.39, 0.29) is 17.9 Å². The van der Waals surface area contributed by atoms with E-state index in [9.17, 15) is 4.79 Å². The minimum absolute atomic E-state index is 0.151. The summed E-state index contributed by atoms with van der Waals surface area (Å²) in [5.74, 6) is 1.99. The van der Waals surface area contributed by atoms with Gasteiger partial charge in [-0.15, -0.1) is 0 Å². The number of furan rings is 1. The quantitative estimate of drug-likeness (QED) is 0.920. The van der Waals surface area contributed by atoms with Crippen LogP contribution in [0.2, 0.25) is 0 Å². The zero-order chi connectivity index (χ0) is 13.4. The van der Waals surface area contributed by atoms with Crippen LogP contribution < -0.4 is 0 Å². The van der Waals surface area contributed by atoms with Crippen LogP contribution in [0.3, 0.4) is 0 Å². The van der Waals surface area contributed by atoms with Crippen LogP contribution in [-0.4, -0.2) is 33.4 Å². The van der Waals surface area contributed by atoms with Gasteiger partial charge in [-0.05, 0) is 26.0 Å². The van der Waals surface area contributed by atoms with E-state index in [0.717, 1.165) is 23.8 Å². The standard InChI is InChI=1S/C14H17N3O2/c1-9(2)17-8-10(6-13(17)18)14-15-7-11(16-14)12-4-3-5-19-12/h3-5,7,9-10H,6,8H2,1-2H3,(H,15,16). The first kappa shape index (κ1) is 12.0. The highest BCUT2D eigenvalue weighted by atomic mass is 16.3. The Kier molecular flexibility index (Phi) is 2.89. The zero-order valence-electron chi connectivity index (χ0n) is 11.1. The van der Waals surface area contributed by atoms with Crippen molar-refractivity contribution >= 4 is 5.91 Å². The predicted molar refractivity (Wildman–Crippen MR) is 70.5 cm³/mol. The number of nitrogens with zero attached hydrogens (tertiary/aromatic N) is 2. The highest BCUT2D eigenvalue weighted by Gasteiger charge is 2.33. The smallest absolute Gasteiger partial charge is 0.223 e. The molecule has 5 nitrogen and oxygen atoms in total. The summed E-state index contributed by atoms with van der Waals surface area (Å²) >= 11 is 0. The number of aromatic nitrogens is 2. The van der Waals surface area contributed by atoms with Crippen molar-refractivity contribution in [3.8, 4) is 11.5 Å². The molecular formula is C14H17N3O2. The number of likely N-dealkylation sites (tertiary alicyclic amines) is 1. The summed E-state index contributed by atoms with van der Waals surface area (Å²) in [4.78, 5) is 21.4. The summed E-state index contributed by atoms with van der Waals surface area (Å²) in [6.07, 6.45) is 3.93. The Labute approximate surface area is 111 Å². The van der Waals surface area contributed by atoms with Gasteiger partial charge in [-0.2, -0.15) is 0 Å². The number of H-pyrrole nitrogens is 1. The van der Waals surface area contributed by atoms with Crippen molar-refractivity contribution in [2.24, 2.45) is 0 Å². The largest absolute Gasteiger partial charge is 0.463 e. The van der Waals surface area contributed by atoms with Crippen LogP contribution in [-0.2, 0) is 4.79 Å².